The average molecular weight is 186 g/mol. The molecule has 1 nitrogen and oxygen atoms in total. The molecular formula is C7H8BrN. The first kappa shape index (κ1) is 6.62. The van der Waals surface area contributed by atoms with Crippen molar-refractivity contribution in [3.63, 3.8) is 0 Å². The van der Waals surface area contributed by atoms with Crippen LogP contribution in [0.15, 0.2) is 22.7 Å². The largest absolute Gasteiger partial charge is 0.398 e. The second-order valence-corrected chi connectivity index (χ2v) is 2.77. The van der Waals surface area contributed by atoms with E-state index in [0.717, 1.165) is 10.2 Å². The molecule has 0 unspecified atom stereocenters. The van der Waals surface area contributed by atoms with Crippen LogP contribution in [0, 0.1) is 6.92 Å². The highest BCUT2D eigenvalue weighted by atomic mass is 79.9. The lowest BCUT2D eigenvalue weighted by Gasteiger charge is -1.98. The van der Waals surface area contributed by atoms with Gasteiger partial charge in [-0.3, -0.25) is 0 Å². The van der Waals surface area contributed by atoms with Crippen LogP contribution in [0.1, 0.15) is 5.56 Å². The van der Waals surface area contributed by atoms with Gasteiger partial charge in [0.2, 0.25) is 0 Å². The molecule has 0 bridgehead atoms. The minimum Gasteiger partial charge on any atom is -0.398 e. The molecule has 0 amide bonds. The Morgan fingerprint density at radius 2 is 2.11 bits per heavy atom. The van der Waals surface area contributed by atoms with Gasteiger partial charge in [-0.25, -0.2) is 0 Å². The van der Waals surface area contributed by atoms with Crippen molar-refractivity contribution in [2.45, 2.75) is 6.92 Å². The zero-order valence-electron chi connectivity index (χ0n) is 5.19. The summed E-state index contributed by atoms with van der Waals surface area (Å²) < 4.78 is 1.00. The SMILES string of the molecule is Cc1cccc(N)c1Br. The van der Waals surface area contributed by atoms with E-state index in [-0.39, 0.29) is 0 Å². The summed E-state index contributed by atoms with van der Waals surface area (Å²) >= 11 is 3.35. The van der Waals surface area contributed by atoms with Crippen LogP contribution in [0.5, 0.6) is 0 Å². The van der Waals surface area contributed by atoms with Crippen LogP contribution in [0.2, 0.25) is 0 Å². The molecule has 9 heavy (non-hydrogen) atoms. The molecule has 2 N–H and O–H groups in total. The molecule has 0 heterocycles. The maximum absolute atomic E-state index is 5.57. The van der Waals surface area contributed by atoms with Gasteiger partial charge >= 0.3 is 0 Å². The van der Waals surface area contributed by atoms with E-state index in [9.17, 15) is 0 Å². The van der Waals surface area contributed by atoms with Crippen LogP contribution in [-0.4, -0.2) is 0 Å². The molecule has 0 aliphatic rings. The summed E-state index contributed by atoms with van der Waals surface area (Å²) in [7, 11) is 0. The lowest BCUT2D eigenvalue weighted by molar-refractivity contribution is 1.43. The van der Waals surface area contributed by atoms with Gasteiger partial charge < -0.3 is 5.73 Å². The van der Waals surface area contributed by atoms with Crippen LogP contribution < -0.4 is 5.73 Å². The van der Waals surface area contributed by atoms with Crippen LogP contribution >= 0.6 is 15.9 Å². The molecule has 0 saturated carbocycles. The van der Waals surface area contributed by atoms with Gasteiger partial charge in [0.05, 0.1) is 0 Å². The second-order valence-electron chi connectivity index (χ2n) is 1.98. The molecule has 0 aliphatic heterocycles. The van der Waals surface area contributed by atoms with E-state index in [4.69, 9.17) is 5.73 Å². The zero-order chi connectivity index (χ0) is 6.85. The highest BCUT2D eigenvalue weighted by Crippen LogP contribution is 2.22. The Morgan fingerprint density at radius 1 is 1.44 bits per heavy atom. The fourth-order valence-electron chi connectivity index (χ4n) is 0.670. The van der Waals surface area contributed by atoms with Gasteiger partial charge in [-0.15, -0.1) is 0 Å². The Balaban J connectivity index is 3.25. The van der Waals surface area contributed by atoms with Crippen LogP contribution in [0.4, 0.5) is 5.69 Å². The molecule has 1 aromatic carbocycles. The number of aryl methyl sites for hydroxylation is 1. The lowest BCUT2D eigenvalue weighted by atomic mass is 10.2. The van der Waals surface area contributed by atoms with Crippen molar-refractivity contribution in [1.82, 2.24) is 0 Å². The van der Waals surface area contributed by atoms with Crippen LogP contribution in [0.3, 0.4) is 0 Å². The summed E-state index contributed by atoms with van der Waals surface area (Å²) in [5.74, 6) is 0. The quantitative estimate of drug-likeness (QED) is 0.618. The van der Waals surface area contributed by atoms with Crippen molar-refractivity contribution >= 4 is 21.6 Å². The van der Waals surface area contributed by atoms with Crippen molar-refractivity contribution in [2.24, 2.45) is 0 Å². The minimum atomic E-state index is 0.801. The summed E-state index contributed by atoms with van der Waals surface area (Å²) in [6, 6.07) is 5.83. The molecule has 2 heteroatoms. The summed E-state index contributed by atoms with van der Waals surface area (Å²) in [4.78, 5) is 0. The van der Waals surface area contributed by atoms with Gasteiger partial charge in [-0.1, -0.05) is 12.1 Å². The fourth-order valence-corrected chi connectivity index (χ4v) is 0.934. The summed E-state index contributed by atoms with van der Waals surface area (Å²) in [6.07, 6.45) is 0. The summed E-state index contributed by atoms with van der Waals surface area (Å²) in [5, 5.41) is 0. The predicted octanol–water partition coefficient (Wildman–Crippen LogP) is 2.34. The zero-order valence-corrected chi connectivity index (χ0v) is 6.77. The van der Waals surface area contributed by atoms with Crippen molar-refractivity contribution < 1.29 is 0 Å². The van der Waals surface area contributed by atoms with Gasteiger partial charge in [-0.05, 0) is 34.5 Å². The van der Waals surface area contributed by atoms with Crippen molar-refractivity contribution in [1.29, 1.82) is 0 Å². The first-order valence-corrected chi connectivity index (χ1v) is 3.51. The van der Waals surface area contributed by atoms with Crippen molar-refractivity contribution in [3.8, 4) is 0 Å². The normalized spacial score (nSPS) is 9.56. The van der Waals surface area contributed by atoms with E-state index in [1.165, 1.54) is 5.56 Å². The molecule has 1 rings (SSSR count). The smallest absolute Gasteiger partial charge is 0.0461 e. The maximum Gasteiger partial charge on any atom is 0.0461 e. The third-order valence-corrected chi connectivity index (χ3v) is 2.30. The third-order valence-electron chi connectivity index (χ3n) is 1.22. The van der Waals surface area contributed by atoms with Gasteiger partial charge in [0.15, 0.2) is 0 Å². The molecule has 0 saturated heterocycles. The van der Waals surface area contributed by atoms with Gasteiger partial charge in [-0.2, -0.15) is 0 Å². The first-order chi connectivity index (χ1) is 4.22. The number of hydrogen-bond acceptors (Lipinski definition) is 1. The van der Waals surface area contributed by atoms with Gasteiger partial charge in [0, 0.05) is 10.2 Å². The van der Waals surface area contributed by atoms with E-state index in [1.807, 2.05) is 25.1 Å². The van der Waals surface area contributed by atoms with E-state index in [0.29, 0.717) is 0 Å². The number of anilines is 1. The topological polar surface area (TPSA) is 26.0 Å². The molecule has 0 aromatic heterocycles. The maximum atomic E-state index is 5.57. The highest BCUT2D eigenvalue weighted by molar-refractivity contribution is 9.10. The monoisotopic (exact) mass is 185 g/mol. The predicted molar refractivity (Wildman–Crippen MR) is 43.3 cm³/mol. The van der Waals surface area contributed by atoms with Gasteiger partial charge in [0.25, 0.3) is 0 Å². The van der Waals surface area contributed by atoms with Gasteiger partial charge in [0.1, 0.15) is 0 Å². The summed E-state index contributed by atoms with van der Waals surface area (Å²) in [6.45, 7) is 2.01. The average Bonchev–Trinajstić information content (AvgIpc) is 1.83. The van der Waals surface area contributed by atoms with Crippen LogP contribution in [-0.2, 0) is 0 Å². The van der Waals surface area contributed by atoms with Crippen molar-refractivity contribution in [3.05, 3.63) is 28.2 Å². The fraction of sp³-hybridized carbons (Fsp3) is 0.143. The standard InChI is InChI=1S/C7H8BrN/c1-5-3-2-4-6(9)7(5)8/h2-4H,9H2,1H3. The number of nitrogen functional groups attached to an aromatic ring is 1. The van der Waals surface area contributed by atoms with E-state index in [1.54, 1.807) is 0 Å². The number of rotatable bonds is 0. The molecule has 0 spiro atoms. The molecule has 1 aromatic rings. The summed E-state index contributed by atoms with van der Waals surface area (Å²) in [5.41, 5.74) is 7.55. The van der Waals surface area contributed by atoms with Crippen LogP contribution in [0.25, 0.3) is 0 Å². The Bertz CT molecular complexity index is 200. The number of benzene rings is 1. The Hall–Kier alpha value is -0.500. The third kappa shape index (κ3) is 1.24. The number of nitrogens with two attached hydrogens (primary N) is 1. The highest BCUT2D eigenvalue weighted by Gasteiger charge is 1.94. The minimum absolute atomic E-state index is 0.801. The lowest BCUT2D eigenvalue weighted by Crippen LogP contribution is -1.86. The molecule has 0 fully saturated rings. The van der Waals surface area contributed by atoms with Crippen molar-refractivity contribution in [2.75, 3.05) is 5.73 Å². The second kappa shape index (κ2) is 2.40. The number of halogens is 1. The molecular weight excluding hydrogens is 178 g/mol. The molecule has 0 radical (unpaired) electrons. The Kier molecular flexibility index (Phi) is 1.76. The molecule has 48 valence electrons. The first-order valence-electron chi connectivity index (χ1n) is 2.72. The molecule has 0 aliphatic carbocycles. The van der Waals surface area contributed by atoms with E-state index >= 15 is 0 Å². The number of hydrogen-bond donors (Lipinski definition) is 1. The van der Waals surface area contributed by atoms with E-state index in [2.05, 4.69) is 15.9 Å². The Labute approximate surface area is 63.0 Å². The molecule has 0 atom stereocenters. The van der Waals surface area contributed by atoms with E-state index < -0.39 is 0 Å². The Morgan fingerprint density at radius 3 is 2.56 bits per heavy atom.